The SMILES string of the molecule is C[C@@H](O)[C@H](N)C(=O)N1CCC2(C1)N[C@H](C(=O)N1CCSCC1)CS2. The summed E-state index contributed by atoms with van der Waals surface area (Å²) in [7, 11) is 0. The molecule has 1 unspecified atom stereocenters. The van der Waals surface area contributed by atoms with Gasteiger partial charge in [-0.25, -0.2) is 0 Å². The van der Waals surface area contributed by atoms with Crippen LogP contribution in [0.15, 0.2) is 0 Å². The summed E-state index contributed by atoms with van der Waals surface area (Å²) in [6.07, 6.45) is -0.0558. The van der Waals surface area contributed by atoms with Crippen molar-refractivity contribution in [3.63, 3.8) is 0 Å². The van der Waals surface area contributed by atoms with Gasteiger partial charge in [0.2, 0.25) is 11.8 Å². The van der Waals surface area contributed by atoms with Gasteiger partial charge in [-0.15, -0.1) is 11.8 Å². The normalized spacial score (nSPS) is 33.0. The smallest absolute Gasteiger partial charge is 0.242 e. The molecule has 4 N–H and O–H groups in total. The maximum absolute atomic E-state index is 12.7. The number of carbonyl (C=O) groups is 2. The van der Waals surface area contributed by atoms with E-state index in [1.165, 1.54) is 6.92 Å². The molecule has 0 aromatic rings. The van der Waals surface area contributed by atoms with Gasteiger partial charge in [0.25, 0.3) is 0 Å². The fourth-order valence-electron chi connectivity index (χ4n) is 3.40. The highest BCUT2D eigenvalue weighted by atomic mass is 32.2. The zero-order valence-corrected chi connectivity index (χ0v) is 15.6. The number of nitrogens with one attached hydrogen (secondary N) is 1. The Morgan fingerprint density at radius 3 is 2.67 bits per heavy atom. The third kappa shape index (κ3) is 3.70. The van der Waals surface area contributed by atoms with Crippen LogP contribution in [-0.4, -0.2) is 93.2 Å². The van der Waals surface area contributed by atoms with Crippen LogP contribution in [0.25, 0.3) is 0 Å². The van der Waals surface area contributed by atoms with E-state index in [1.54, 1.807) is 16.7 Å². The lowest BCUT2D eigenvalue weighted by Gasteiger charge is -2.30. The number of nitrogens with two attached hydrogens (primary N) is 1. The Morgan fingerprint density at radius 1 is 1.29 bits per heavy atom. The first-order valence-electron chi connectivity index (χ1n) is 8.42. The van der Waals surface area contributed by atoms with Crippen molar-refractivity contribution in [2.24, 2.45) is 5.73 Å². The Morgan fingerprint density at radius 2 is 2.00 bits per heavy atom. The summed E-state index contributed by atoms with van der Waals surface area (Å²) in [6.45, 7) is 4.33. The molecular weight excluding hydrogens is 348 g/mol. The second kappa shape index (κ2) is 7.41. The van der Waals surface area contributed by atoms with Crippen LogP contribution in [0.4, 0.5) is 0 Å². The second-order valence-electron chi connectivity index (χ2n) is 6.72. The zero-order chi connectivity index (χ0) is 17.3. The molecule has 3 saturated heterocycles. The second-order valence-corrected chi connectivity index (χ2v) is 9.34. The summed E-state index contributed by atoms with van der Waals surface area (Å²) in [6, 6.07) is -1.05. The maximum Gasteiger partial charge on any atom is 0.242 e. The van der Waals surface area contributed by atoms with Crippen molar-refractivity contribution in [3.05, 3.63) is 0 Å². The maximum atomic E-state index is 12.7. The summed E-state index contributed by atoms with van der Waals surface area (Å²) < 4.78 is 0. The van der Waals surface area contributed by atoms with E-state index < -0.39 is 12.1 Å². The molecule has 0 saturated carbocycles. The molecule has 2 amide bonds. The monoisotopic (exact) mass is 374 g/mol. The number of likely N-dealkylation sites (tertiary alicyclic amines) is 1. The van der Waals surface area contributed by atoms with Crippen LogP contribution in [0.1, 0.15) is 13.3 Å². The van der Waals surface area contributed by atoms with Crippen molar-refractivity contribution in [2.75, 3.05) is 43.4 Å². The predicted molar refractivity (Wildman–Crippen MR) is 96.9 cm³/mol. The highest BCUT2D eigenvalue weighted by Gasteiger charge is 2.48. The molecule has 0 radical (unpaired) electrons. The molecule has 0 aromatic carbocycles. The zero-order valence-electron chi connectivity index (χ0n) is 13.9. The lowest BCUT2D eigenvalue weighted by Crippen LogP contribution is -2.54. The molecule has 3 heterocycles. The van der Waals surface area contributed by atoms with Gasteiger partial charge in [-0.1, -0.05) is 0 Å². The number of carbonyl (C=O) groups excluding carboxylic acids is 2. The first kappa shape index (κ1) is 18.3. The molecule has 0 aliphatic carbocycles. The summed E-state index contributed by atoms with van der Waals surface area (Å²) in [4.78, 5) is 28.4. The van der Waals surface area contributed by atoms with Gasteiger partial charge in [0, 0.05) is 43.4 Å². The number of hydrogen-bond acceptors (Lipinski definition) is 7. The van der Waals surface area contributed by atoms with Crippen LogP contribution in [0.2, 0.25) is 0 Å². The van der Waals surface area contributed by atoms with Gasteiger partial charge in [0.05, 0.1) is 17.0 Å². The molecule has 9 heteroatoms. The summed E-state index contributed by atoms with van der Waals surface area (Å²) >= 11 is 3.62. The molecule has 0 aromatic heterocycles. The third-order valence-electron chi connectivity index (χ3n) is 4.93. The minimum absolute atomic E-state index is 0.168. The van der Waals surface area contributed by atoms with Gasteiger partial charge in [-0.05, 0) is 13.3 Å². The first-order chi connectivity index (χ1) is 11.4. The third-order valence-corrected chi connectivity index (χ3v) is 7.38. The molecule has 4 atom stereocenters. The van der Waals surface area contributed by atoms with Gasteiger partial charge in [0.1, 0.15) is 6.04 Å². The Balaban J connectivity index is 1.57. The van der Waals surface area contributed by atoms with Crippen LogP contribution in [-0.2, 0) is 9.59 Å². The van der Waals surface area contributed by atoms with Crippen LogP contribution in [0.3, 0.4) is 0 Å². The van der Waals surface area contributed by atoms with E-state index in [9.17, 15) is 14.7 Å². The number of hydrogen-bond donors (Lipinski definition) is 3. The highest BCUT2D eigenvalue weighted by Crippen LogP contribution is 2.39. The molecular formula is C15H26N4O3S2. The van der Waals surface area contributed by atoms with Crippen molar-refractivity contribution in [3.8, 4) is 0 Å². The quantitative estimate of drug-likeness (QED) is 0.577. The van der Waals surface area contributed by atoms with Gasteiger partial charge >= 0.3 is 0 Å². The molecule has 0 bridgehead atoms. The van der Waals surface area contributed by atoms with Gasteiger partial charge in [-0.2, -0.15) is 11.8 Å². The van der Waals surface area contributed by atoms with Gasteiger partial charge < -0.3 is 20.6 Å². The Hall–Kier alpha value is -0.480. The number of amides is 2. The minimum atomic E-state index is -0.880. The fraction of sp³-hybridized carbons (Fsp3) is 0.867. The molecule has 3 aliphatic rings. The molecule has 1 spiro atoms. The van der Waals surface area contributed by atoms with Crippen molar-refractivity contribution < 1.29 is 14.7 Å². The molecule has 3 aliphatic heterocycles. The number of aliphatic hydroxyl groups is 1. The standard InChI is InChI=1S/C15H26N4O3S2/c1-10(20)12(16)14(22)19-3-2-15(9-19)17-11(8-24-15)13(21)18-4-6-23-7-5-18/h10-12,17,20H,2-9,16H2,1H3/t10-,11+,12+,15?/m1/s1. The van der Waals surface area contributed by atoms with Crippen molar-refractivity contribution in [2.45, 2.75) is 36.4 Å². The summed E-state index contributed by atoms with van der Waals surface area (Å²) in [5, 5.41) is 13.0. The van der Waals surface area contributed by atoms with E-state index in [0.29, 0.717) is 13.1 Å². The van der Waals surface area contributed by atoms with E-state index in [2.05, 4.69) is 5.32 Å². The van der Waals surface area contributed by atoms with Crippen molar-refractivity contribution in [1.29, 1.82) is 0 Å². The van der Waals surface area contributed by atoms with E-state index in [-0.39, 0.29) is 22.7 Å². The Kier molecular flexibility index (Phi) is 5.65. The topological polar surface area (TPSA) is 98.9 Å². The molecule has 136 valence electrons. The molecule has 24 heavy (non-hydrogen) atoms. The van der Waals surface area contributed by atoms with Crippen LogP contribution < -0.4 is 11.1 Å². The summed E-state index contributed by atoms with van der Waals surface area (Å²) in [5.74, 6) is 2.73. The van der Waals surface area contributed by atoms with Gasteiger partial charge in [-0.3, -0.25) is 14.9 Å². The lowest BCUT2D eigenvalue weighted by molar-refractivity contribution is -0.133. The molecule has 3 fully saturated rings. The molecule has 3 rings (SSSR count). The fourth-order valence-corrected chi connectivity index (χ4v) is 5.73. The van der Waals surface area contributed by atoms with E-state index >= 15 is 0 Å². The molecule has 7 nitrogen and oxygen atoms in total. The number of nitrogens with zero attached hydrogens (tertiary/aromatic N) is 2. The van der Waals surface area contributed by atoms with Crippen LogP contribution in [0, 0.1) is 0 Å². The number of aliphatic hydroxyl groups excluding tert-OH is 1. The number of rotatable bonds is 3. The van der Waals surface area contributed by atoms with Gasteiger partial charge in [0.15, 0.2) is 0 Å². The van der Waals surface area contributed by atoms with Crippen molar-refractivity contribution in [1.82, 2.24) is 15.1 Å². The minimum Gasteiger partial charge on any atom is -0.391 e. The van der Waals surface area contributed by atoms with Crippen molar-refractivity contribution >= 4 is 35.3 Å². The Labute approximate surface area is 151 Å². The number of thioether (sulfide) groups is 2. The Bertz CT molecular complexity index is 501. The van der Waals surface area contributed by atoms with E-state index in [4.69, 9.17) is 5.73 Å². The van der Waals surface area contributed by atoms with E-state index in [0.717, 1.165) is 36.8 Å². The first-order valence-corrected chi connectivity index (χ1v) is 10.6. The highest BCUT2D eigenvalue weighted by molar-refractivity contribution is 8.01. The largest absolute Gasteiger partial charge is 0.391 e. The average Bonchev–Trinajstić information content (AvgIpc) is 3.21. The summed E-state index contributed by atoms with van der Waals surface area (Å²) in [5.41, 5.74) is 5.77. The predicted octanol–water partition coefficient (Wildman–Crippen LogP) is -1.10. The van der Waals surface area contributed by atoms with Crippen LogP contribution in [0.5, 0.6) is 0 Å². The average molecular weight is 375 g/mol. The van der Waals surface area contributed by atoms with E-state index in [1.807, 2.05) is 16.7 Å². The van der Waals surface area contributed by atoms with Crippen LogP contribution >= 0.6 is 23.5 Å². The lowest BCUT2D eigenvalue weighted by atomic mass is 10.1.